The second kappa shape index (κ2) is 5.60. The maximum absolute atomic E-state index is 6.19. The van der Waals surface area contributed by atoms with Gasteiger partial charge in [0.15, 0.2) is 17.3 Å². The van der Waals surface area contributed by atoms with E-state index in [0.717, 1.165) is 43.0 Å². The van der Waals surface area contributed by atoms with Gasteiger partial charge in [-0.25, -0.2) is 0 Å². The van der Waals surface area contributed by atoms with Gasteiger partial charge in [-0.2, -0.15) is 0 Å². The normalized spacial score (nSPS) is 24.8. The van der Waals surface area contributed by atoms with E-state index in [1.165, 1.54) is 0 Å². The van der Waals surface area contributed by atoms with E-state index < -0.39 is 5.79 Å². The highest BCUT2D eigenvalue weighted by Gasteiger charge is 2.42. The highest BCUT2D eigenvalue weighted by Crippen LogP contribution is 2.40. The molecule has 1 unspecified atom stereocenters. The summed E-state index contributed by atoms with van der Waals surface area (Å²) in [5, 5.41) is 3.33. The van der Waals surface area contributed by atoms with Crippen LogP contribution in [-0.4, -0.2) is 39.7 Å². The zero-order valence-corrected chi connectivity index (χ0v) is 12.0. The quantitative estimate of drug-likeness (QED) is 0.915. The Morgan fingerprint density at radius 1 is 1.15 bits per heavy atom. The van der Waals surface area contributed by atoms with Crippen LogP contribution in [0.25, 0.3) is 0 Å². The van der Waals surface area contributed by atoms with E-state index in [2.05, 4.69) is 5.32 Å². The van der Waals surface area contributed by atoms with Crippen molar-refractivity contribution in [1.82, 2.24) is 5.32 Å². The Morgan fingerprint density at radius 3 is 2.60 bits per heavy atom. The van der Waals surface area contributed by atoms with Crippen LogP contribution in [0.5, 0.6) is 11.5 Å². The molecule has 2 fully saturated rings. The highest BCUT2D eigenvalue weighted by atomic mass is 16.7. The molecule has 2 aliphatic rings. The van der Waals surface area contributed by atoms with Crippen LogP contribution in [-0.2, 0) is 9.47 Å². The maximum atomic E-state index is 6.19. The topological polar surface area (TPSA) is 49.0 Å². The first kappa shape index (κ1) is 13.7. The van der Waals surface area contributed by atoms with Crippen molar-refractivity contribution in [1.29, 1.82) is 0 Å². The summed E-state index contributed by atoms with van der Waals surface area (Å²) in [6.45, 7) is 2.48. The Morgan fingerprint density at radius 2 is 1.90 bits per heavy atom. The molecule has 0 radical (unpaired) electrons. The molecule has 1 aromatic carbocycles. The van der Waals surface area contributed by atoms with E-state index in [0.29, 0.717) is 6.61 Å². The molecule has 5 heteroatoms. The first-order chi connectivity index (χ1) is 9.76. The average molecular weight is 279 g/mol. The number of piperidine rings is 1. The van der Waals surface area contributed by atoms with E-state index in [1.807, 2.05) is 18.2 Å². The van der Waals surface area contributed by atoms with Gasteiger partial charge in [0.05, 0.1) is 20.8 Å². The van der Waals surface area contributed by atoms with Crippen molar-refractivity contribution >= 4 is 0 Å². The molecule has 0 aliphatic carbocycles. The molecule has 5 nitrogen and oxygen atoms in total. The minimum atomic E-state index is -0.400. The average Bonchev–Trinajstić information content (AvgIpc) is 2.91. The molecule has 20 heavy (non-hydrogen) atoms. The molecule has 2 saturated heterocycles. The number of hydrogen-bond acceptors (Lipinski definition) is 5. The van der Waals surface area contributed by atoms with Gasteiger partial charge in [0.1, 0.15) is 6.10 Å². The Balaban J connectivity index is 1.77. The van der Waals surface area contributed by atoms with Gasteiger partial charge >= 0.3 is 0 Å². The third-order valence-corrected chi connectivity index (χ3v) is 4.00. The third kappa shape index (κ3) is 2.49. The van der Waals surface area contributed by atoms with E-state index in [1.54, 1.807) is 14.2 Å². The van der Waals surface area contributed by atoms with Gasteiger partial charge in [-0.1, -0.05) is 6.07 Å². The van der Waals surface area contributed by atoms with Crippen molar-refractivity contribution in [3.8, 4) is 11.5 Å². The predicted octanol–water partition coefficient (Wildman–Crippen LogP) is 1.87. The second-order valence-corrected chi connectivity index (χ2v) is 5.19. The molecule has 1 N–H and O–H groups in total. The van der Waals surface area contributed by atoms with Crippen LogP contribution >= 0.6 is 0 Å². The summed E-state index contributed by atoms with van der Waals surface area (Å²) in [6, 6.07) is 5.88. The van der Waals surface area contributed by atoms with Crippen molar-refractivity contribution in [3.63, 3.8) is 0 Å². The number of rotatable bonds is 3. The minimum Gasteiger partial charge on any atom is -0.493 e. The largest absolute Gasteiger partial charge is 0.493 e. The van der Waals surface area contributed by atoms with Crippen molar-refractivity contribution in [2.45, 2.75) is 24.7 Å². The van der Waals surface area contributed by atoms with E-state index >= 15 is 0 Å². The summed E-state index contributed by atoms with van der Waals surface area (Å²) < 4.78 is 22.7. The predicted molar refractivity (Wildman–Crippen MR) is 74.2 cm³/mol. The van der Waals surface area contributed by atoms with Gasteiger partial charge in [-0.05, 0) is 17.7 Å². The highest BCUT2D eigenvalue weighted by molar-refractivity contribution is 5.43. The molecular weight excluding hydrogens is 258 g/mol. The summed E-state index contributed by atoms with van der Waals surface area (Å²) in [5.41, 5.74) is 1.07. The molecule has 1 aromatic rings. The molecule has 0 saturated carbocycles. The summed E-state index contributed by atoms with van der Waals surface area (Å²) in [4.78, 5) is 0. The molecular formula is C15H21NO4. The number of benzene rings is 1. The molecule has 1 spiro atoms. The fourth-order valence-electron chi connectivity index (χ4n) is 2.84. The number of nitrogens with one attached hydrogen (secondary N) is 1. The zero-order chi connectivity index (χ0) is 14.0. The molecule has 0 aromatic heterocycles. The summed E-state index contributed by atoms with van der Waals surface area (Å²) in [5.74, 6) is 1.05. The van der Waals surface area contributed by atoms with Gasteiger partial charge in [0.25, 0.3) is 0 Å². The first-order valence-corrected chi connectivity index (χ1v) is 7.01. The number of hydrogen-bond donors (Lipinski definition) is 1. The summed E-state index contributed by atoms with van der Waals surface area (Å²) in [6.07, 6.45) is 1.76. The third-order valence-electron chi connectivity index (χ3n) is 4.00. The molecule has 110 valence electrons. The lowest BCUT2D eigenvalue weighted by Gasteiger charge is -2.32. The lowest BCUT2D eigenvalue weighted by molar-refractivity contribution is -0.183. The molecule has 0 amide bonds. The van der Waals surface area contributed by atoms with Crippen LogP contribution in [0.2, 0.25) is 0 Å². The smallest absolute Gasteiger partial charge is 0.171 e. The van der Waals surface area contributed by atoms with Gasteiger partial charge < -0.3 is 24.3 Å². The van der Waals surface area contributed by atoms with Crippen LogP contribution in [0.1, 0.15) is 24.5 Å². The van der Waals surface area contributed by atoms with Gasteiger partial charge in [-0.15, -0.1) is 0 Å². The number of methoxy groups -OCH3 is 2. The monoisotopic (exact) mass is 279 g/mol. The van der Waals surface area contributed by atoms with Crippen molar-refractivity contribution in [3.05, 3.63) is 23.8 Å². The van der Waals surface area contributed by atoms with E-state index in [4.69, 9.17) is 18.9 Å². The lowest BCUT2D eigenvalue weighted by atomic mass is 10.1. The number of ether oxygens (including phenoxy) is 4. The second-order valence-electron chi connectivity index (χ2n) is 5.19. The SMILES string of the molecule is COc1ccc(C2COC3(CCNCC3)O2)cc1OC. The Kier molecular flexibility index (Phi) is 3.83. The minimum absolute atomic E-state index is 0.0343. The Bertz CT molecular complexity index is 471. The Labute approximate surface area is 119 Å². The van der Waals surface area contributed by atoms with Crippen LogP contribution < -0.4 is 14.8 Å². The standard InChI is InChI=1S/C15H21NO4/c1-17-12-4-3-11(9-13(12)18-2)14-10-19-15(20-14)5-7-16-8-6-15/h3-4,9,14,16H,5-8,10H2,1-2H3. The molecule has 0 bridgehead atoms. The molecule has 1 atom stereocenters. The summed E-state index contributed by atoms with van der Waals surface area (Å²) >= 11 is 0. The zero-order valence-electron chi connectivity index (χ0n) is 12.0. The van der Waals surface area contributed by atoms with Gasteiger partial charge in [0, 0.05) is 25.9 Å². The summed E-state index contributed by atoms with van der Waals surface area (Å²) in [7, 11) is 3.28. The van der Waals surface area contributed by atoms with Gasteiger partial charge in [-0.3, -0.25) is 0 Å². The van der Waals surface area contributed by atoms with Crippen LogP contribution in [0.15, 0.2) is 18.2 Å². The van der Waals surface area contributed by atoms with E-state index in [-0.39, 0.29) is 6.10 Å². The fourth-order valence-corrected chi connectivity index (χ4v) is 2.84. The Hall–Kier alpha value is -1.30. The van der Waals surface area contributed by atoms with Gasteiger partial charge in [0.2, 0.25) is 0 Å². The van der Waals surface area contributed by atoms with Crippen LogP contribution in [0, 0.1) is 0 Å². The van der Waals surface area contributed by atoms with Crippen LogP contribution in [0.3, 0.4) is 0 Å². The van der Waals surface area contributed by atoms with E-state index in [9.17, 15) is 0 Å². The maximum Gasteiger partial charge on any atom is 0.171 e. The van der Waals surface area contributed by atoms with Crippen molar-refractivity contribution < 1.29 is 18.9 Å². The molecule has 2 aliphatic heterocycles. The lowest BCUT2D eigenvalue weighted by Crippen LogP contribution is -2.42. The molecule has 3 rings (SSSR count). The molecule has 2 heterocycles. The van der Waals surface area contributed by atoms with Crippen LogP contribution in [0.4, 0.5) is 0 Å². The fraction of sp³-hybridized carbons (Fsp3) is 0.600. The van der Waals surface area contributed by atoms with Crippen molar-refractivity contribution in [2.24, 2.45) is 0 Å². The first-order valence-electron chi connectivity index (χ1n) is 7.01. The van der Waals surface area contributed by atoms with Crippen molar-refractivity contribution in [2.75, 3.05) is 33.9 Å².